The minimum Gasteiger partial charge on any atom is -0.496 e. The van der Waals surface area contributed by atoms with Crippen molar-refractivity contribution in [2.75, 3.05) is 19.5 Å². The molecule has 0 atom stereocenters. The van der Waals surface area contributed by atoms with Crippen LogP contribution in [-0.4, -0.2) is 36.0 Å². The molecule has 178 valence electrons. The van der Waals surface area contributed by atoms with Gasteiger partial charge in [-0.3, -0.25) is 14.6 Å². The van der Waals surface area contributed by atoms with Crippen molar-refractivity contribution in [2.24, 2.45) is 0 Å². The highest BCUT2D eigenvalue weighted by Crippen LogP contribution is 2.28. The Morgan fingerprint density at radius 3 is 2.31 bits per heavy atom. The SMILES string of the molecule is COc1cccc(OC)c1C(=O)NCc1nc(-c2cccc(NC(=O)c3ccncc3)c2)oc1C. The van der Waals surface area contributed by atoms with Gasteiger partial charge in [0.1, 0.15) is 28.5 Å². The monoisotopic (exact) mass is 472 g/mol. The number of anilines is 1. The molecule has 9 heteroatoms. The predicted molar refractivity (Wildman–Crippen MR) is 130 cm³/mol. The third-order valence-electron chi connectivity index (χ3n) is 5.27. The van der Waals surface area contributed by atoms with Crippen molar-refractivity contribution in [1.82, 2.24) is 15.3 Å². The summed E-state index contributed by atoms with van der Waals surface area (Å²) in [6.07, 6.45) is 3.12. The van der Waals surface area contributed by atoms with Crippen LogP contribution in [0.2, 0.25) is 0 Å². The molecular weight excluding hydrogens is 448 g/mol. The van der Waals surface area contributed by atoms with Crippen LogP contribution in [-0.2, 0) is 6.54 Å². The number of oxazole rings is 1. The standard InChI is InChI=1S/C26H24N4O5/c1-16-20(15-28-25(32)23-21(33-2)8-5-9-22(23)34-3)30-26(35-16)18-6-4-7-19(14-18)29-24(31)17-10-12-27-13-11-17/h4-14H,15H2,1-3H3,(H,28,32)(H,29,31). The topological polar surface area (TPSA) is 116 Å². The molecule has 0 unspecified atom stereocenters. The lowest BCUT2D eigenvalue weighted by atomic mass is 10.1. The first kappa shape index (κ1) is 23.5. The summed E-state index contributed by atoms with van der Waals surface area (Å²) in [6, 6.07) is 15.6. The van der Waals surface area contributed by atoms with Crippen LogP contribution in [0, 0.1) is 6.92 Å². The van der Waals surface area contributed by atoms with Gasteiger partial charge >= 0.3 is 0 Å². The van der Waals surface area contributed by atoms with Gasteiger partial charge in [0, 0.05) is 29.2 Å². The number of nitrogens with one attached hydrogen (secondary N) is 2. The Labute approximate surface area is 202 Å². The highest BCUT2D eigenvalue weighted by atomic mass is 16.5. The molecule has 0 spiro atoms. The molecule has 0 bridgehead atoms. The molecule has 0 aliphatic carbocycles. The molecule has 9 nitrogen and oxygen atoms in total. The number of hydrogen-bond acceptors (Lipinski definition) is 7. The zero-order valence-corrected chi connectivity index (χ0v) is 19.5. The van der Waals surface area contributed by atoms with Crippen LogP contribution in [0.1, 0.15) is 32.2 Å². The van der Waals surface area contributed by atoms with Crippen LogP contribution in [0.25, 0.3) is 11.5 Å². The molecule has 2 aromatic heterocycles. The quantitative estimate of drug-likeness (QED) is 0.394. The van der Waals surface area contributed by atoms with Crippen LogP contribution in [0.5, 0.6) is 11.5 Å². The average molecular weight is 473 g/mol. The van der Waals surface area contributed by atoms with E-state index in [9.17, 15) is 9.59 Å². The van der Waals surface area contributed by atoms with Crippen LogP contribution in [0.15, 0.2) is 71.4 Å². The van der Waals surface area contributed by atoms with Gasteiger partial charge < -0.3 is 24.5 Å². The van der Waals surface area contributed by atoms with Gasteiger partial charge in [0.25, 0.3) is 11.8 Å². The second-order valence-corrected chi connectivity index (χ2v) is 7.51. The number of rotatable bonds is 8. The Morgan fingerprint density at radius 2 is 1.63 bits per heavy atom. The number of nitrogens with zero attached hydrogens (tertiary/aromatic N) is 2. The van der Waals surface area contributed by atoms with Crippen molar-refractivity contribution >= 4 is 17.5 Å². The number of hydrogen-bond donors (Lipinski definition) is 2. The van der Waals surface area contributed by atoms with E-state index in [1.807, 2.05) is 6.07 Å². The summed E-state index contributed by atoms with van der Waals surface area (Å²) in [5.41, 5.74) is 2.66. The lowest BCUT2D eigenvalue weighted by molar-refractivity contribution is 0.0943. The number of methoxy groups -OCH3 is 2. The number of amides is 2. The summed E-state index contributed by atoms with van der Waals surface area (Å²) in [4.78, 5) is 33.8. The van der Waals surface area contributed by atoms with Crippen LogP contribution in [0.3, 0.4) is 0 Å². The van der Waals surface area contributed by atoms with Crippen LogP contribution in [0.4, 0.5) is 5.69 Å². The van der Waals surface area contributed by atoms with E-state index in [0.29, 0.717) is 51.2 Å². The predicted octanol–water partition coefficient (Wildman–Crippen LogP) is 4.24. The zero-order chi connectivity index (χ0) is 24.8. The molecule has 0 saturated carbocycles. The third-order valence-corrected chi connectivity index (χ3v) is 5.27. The molecule has 2 heterocycles. The molecule has 0 radical (unpaired) electrons. The molecule has 0 saturated heterocycles. The van der Waals surface area contributed by atoms with Gasteiger partial charge in [0.05, 0.1) is 20.8 Å². The Hall–Kier alpha value is -4.66. The fourth-order valence-electron chi connectivity index (χ4n) is 3.48. The minimum absolute atomic E-state index is 0.147. The molecule has 2 amide bonds. The summed E-state index contributed by atoms with van der Waals surface area (Å²) in [5.74, 6) is 1.16. The molecule has 2 aromatic carbocycles. The maximum absolute atomic E-state index is 12.9. The summed E-state index contributed by atoms with van der Waals surface area (Å²) < 4.78 is 16.5. The maximum atomic E-state index is 12.9. The second kappa shape index (κ2) is 10.5. The molecule has 4 aromatic rings. The number of carbonyl (C=O) groups excluding carboxylic acids is 2. The highest BCUT2D eigenvalue weighted by molar-refractivity contribution is 6.04. The van der Waals surface area contributed by atoms with E-state index in [4.69, 9.17) is 13.9 Å². The van der Waals surface area contributed by atoms with E-state index in [1.165, 1.54) is 14.2 Å². The number of benzene rings is 2. The van der Waals surface area contributed by atoms with Crippen LogP contribution >= 0.6 is 0 Å². The summed E-state index contributed by atoms with van der Waals surface area (Å²) in [6.45, 7) is 1.92. The number of pyridine rings is 1. The minimum atomic E-state index is -0.357. The van der Waals surface area contributed by atoms with Gasteiger partial charge in [-0.2, -0.15) is 0 Å². The van der Waals surface area contributed by atoms with E-state index < -0.39 is 0 Å². The average Bonchev–Trinajstić information content (AvgIpc) is 3.27. The summed E-state index contributed by atoms with van der Waals surface area (Å²) >= 11 is 0. The molecule has 4 rings (SSSR count). The third kappa shape index (κ3) is 5.30. The molecule has 35 heavy (non-hydrogen) atoms. The van der Waals surface area contributed by atoms with E-state index in [1.54, 1.807) is 67.8 Å². The van der Waals surface area contributed by atoms with Crippen LogP contribution < -0.4 is 20.1 Å². The van der Waals surface area contributed by atoms with Gasteiger partial charge in [0.2, 0.25) is 5.89 Å². The lowest BCUT2D eigenvalue weighted by Crippen LogP contribution is -2.24. The second-order valence-electron chi connectivity index (χ2n) is 7.51. The van der Waals surface area contributed by atoms with Crippen molar-refractivity contribution < 1.29 is 23.5 Å². The fraction of sp³-hybridized carbons (Fsp3) is 0.154. The van der Waals surface area contributed by atoms with Crippen molar-refractivity contribution in [3.05, 3.63) is 89.6 Å². The first-order valence-corrected chi connectivity index (χ1v) is 10.8. The molecule has 0 aliphatic heterocycles. The molecule has 0 aliphatic rings. The summed E-state index contributed by atoms with van der Waals surface area (Å²) in [7, 11) is 2.99. The van der Waals surface area contributed by atoms with E-state index >= 15 is 0 Å². The first-order chi connectivity index (χ1) is 17.0. The Bertz CT molecular complexity index is 1330. The molecule has 0 fully saturated rings. The fourth-order valence-corrected chi connectivity index (χ4v) is 3.48. The van der Waals surface area contributed by atoms with Crippen molar-refractivity contribution in [2.45, 2.75) is 13.5 Å². The normalized spacial score (nSPS) is 10.5. The molecule has 2 N–H and O–H groups in total. The van der Waals surface area contributed by atoms with E-state index in [0.717, 1.165) is 0 Å². The van der Waals surface area contributed by atoms with E-state index in [2.05, 4.69) is 20.6 Å². The van der Waals surface area contributed by atoms with Gasteiger partial charge in [-0.1, -0.05) is 12.1 Å². The first-order valence-electron chi connectivity index (χ1n) is 10.8. The highest BCUT2D eigenvalue weighted by Gasteiger charge is 2.19. The number of ether oxygens (including phenoxy) is 2. The van der Waals surface area contributed by atoms with Crippen molar-refractivity contribution in [3.8, 4) is 23.0 Å². The summed E-state index contributed by atoms with van der Waals surface area (Å²) in [5, 5.41) is 5.70. The number of carbonyl (C=O) groups is 2. The lowest BCUT2D eigenvalue weighted by Gasteiger charge is -2.12. The van der Waals surface area contributed by atoms with Gasteiger partial charge in [-0.05, 0) is 49.4 Å². The maximum Gasteiger partial charge on any atom is 0.259 e. The number of aryl methyl sites for hydroxylation is 1. The number of aromatic nitrogens is 2. The van der Waals surface area contributed by atoms with Crippen molar-refractivity contribution in [1.29, 1.82) is 0 Å². The Balaban J connectivity index is 1.48. The smallest absolute Gasteiger partial charge is 0.259 e. The largest absolute Gasteiger partial charge is 0.496 e. The van der Waals surface area contributed by atoms with Gasteiger partial charge in [0.15, 0.2) is 0 Å². The van der Waals surface area contributed by atoms with Crippen molar-refractivity contribution in [3.63, 3.8) is 0 Å². The van der Waals surface area contributed by atoms with E-state index in [-0.39, 0.29) is 18.4 Å². The zero-order valence-electron chi connectivity index (χ0n) is 19.5. The Kier molecular flexibility index (Phi) is 7.06. The Morgan fingerprint density at radius 1 is 0.943 bits per heavy atom. The molecular formula is C26H24N4O5. The van der Waals surface area contributed by atoms with Gasteiger partial charge in [-0.15, -0.1) is 0 Å². The van der Waals surface area contributed by atoms with Gasteiger partial charge in [-0.25, -0.2) is 4.98 Å².